The van der Waals surface area contributed by atoms with Crippen molar-refractivity contribution in [1.82, 2.24) is 0 Å². The van der Waals surface area contributed by atoms with Crippen molar-refractivity contribution in [3.63, 3.8) is 0 Å². The minimum absolute atomic E-state index is 0.0781. The summed E-state index contributed by atoms with van der Waals surface area (Å²) in [4.78, 5) is 0. The molecule has 0 bridgehead atoms. The summed E-state index contributed by atoms with van der Waals surface area (Å²) in [5.41, 5.74) is 1.50. The Morgan fingerprint density at radius 3 is 2.38 bits per heavy atom. The van der Waals surface area contributed by atoms with E-state index >= 15 is 0 Å². The maximum absolute atomic E-state index is 13.4. The van der Waals surface area contributed by atoms with E-state index in [9.17, 15) is 4.39 Å². The first-order valence-electron chi connectivity index (χ1n) is 4.67. The van der Waals surface area contributed by atoms with Crippen LogP contribution in [0.3, 0.4) is 0 Å². The number of nitriles is 1. The summed E-state index contributed by atoms with van der Waals surface area (Å²) in [6, 6.07) is 14.0. The van der Waals surface area contributed by atoms with E-state index in [0.717, 1.165) is 10.0 Å². The molecule has 0 spiro atoms. The normalized spacial score (nSPS) is 9.81. The summed E-state index contributed by atoms with van der Waals surface area (Å²) >= 11 is 3.39. The van der Waals surface area contributed by atoms with Crippen LogP contribution in [0.2, 0.25) is 0 Å². The van der Waals surface area contributed by atoms with Gasteiger partial charge in [0.1, 0.15) is 11.9 Å². The molecule has 2 rings (SSSR count). The van der Waals surface area contributed by atoms with Crippen LogP contribution in [0, 0.1) is 17.1 Å². The zero-order valence-corrected chi connectivity index (χ0v) is 9.83. The third-order valence-corrected chi connectivity index (χ3v) is 2.98. The smallest absolute Gasteiger partial charge is 0.141 e. The molecule has 0 aromatic heterocycles. The highest BCUT2D eigenvalue weighted by Gasteiger charge is 2.11. The Morgan fingerprint density at radius 1 is 1.00 bits per heavy atom. The zero-order chi connectivity index (χ0) is 11.5. The molecule has 1 nitrogen and oxygen atoms in total. The fourth-order valence-electron chi connectivity index (χ4n) is 1.54. The average molecular weight is 276 g/mol. The van der Waals surface area contributed by atoms with Gasteiger partial charge in [-0.05, 0) is 17.7 Å². The van der Waals surface area contributed by atoms with Crippen LogP contribution < -0.4 is 0 Å². The zero-order valence-electron chi connectivity index (χ0n) is 8.24. The second kappa shape index (κ2) is 4.46. The topological polar surface area (TPSA) is 23.8 Å². The molecule has 3 heteroatoms. The Labute approximate surface area is 101 Å². The molecule has 0 N–H and O–H groups in total. The maximum atomic E-state index is 13.4. The fraction of sp³-hybridized carbons (Fsp3) is 0. The predicted molar refractivity (Wildman–Crippen MR) is 64.3 cm³/mol. The summed E-state index contributed by atoms with van der Waals surface area (Å²) in [7, 11) is 0. The van der Waals surface area contributed by atoms with Gasteiger partial charge in [-0.1, -0.05) is 46.3 Å². The van der Waals surface area contributed by atoms with Gasteiger partial charge in [0.15, 0.2) is 0 Å². The Morgan fingerprint density at radius 2 is 1.69 bits per heavy atom. The molecule has 0 aliphatic heterocycles. The number of hydrogen-bond acceptors (Lipinski definition) is 1. The fourth-order valence-corrected chi connectivity index (χ4v) is 2.04. The van der Waals surface area contributed by atoms with Gasteiger partial charge in [-0.15, -0.1) is 0 Å². The van der Waals surface area contributed by atoms with E-state index in [1.165, 1.54) is 6.07 Å². The van der Waals surface area contributed by atoms with Crippen molar-refractivity contribution >= 4 is 15.9 Å². The first kappa shape index (κ1) is 10.8. The Bertz CT molecular complexity index is 572. The van der Waals surface area contributed by atoms with Gasteiger partial charge < -0.3 is 0 Å². The molecule has 0 saturated carbocycles. The summed E-state index contributed by atoms with van der Waals surface area (Å²) in [5.74, 6) is -0.490. The largest absolute Gasteiger partial charge is 0.206 e. The van der Waals surface area contributed by atoms with Crippen molar-refractivity contribution in [1.29, 1.82) is 5.26 Å². The van der Waals surface area contributed by atoms with Crippen LogP contribution in [0.5, 0.6) is 0 Å². The SMILES string of the molecule is N#Cc1c(F)cccc1-c1ccccc1Br. The highest BCUT2D eigenvalue weighted by Crippen LogP contribution is 2.31. The highest BCUT2D eigenvalue weighted by atomic mass is 79.9. The second-order valence-corrected chi connectivity index (χ2v) is 4.11. The van der Waals surface area contributed by atoms with Gasteiger partial charge in [0.2, 0.25) is 0 Å². The highest BCUT2D eigenvalue weighted by molar-refractivity contribution is 9.10. The third kappa shape index (κ3) is 1.84. The van der Waals surface area contributed by atoms with Gasteiger partial charge >= 0.3 is 0 Å². The quantitative estimate of drug-likeness (QED) is 0.768. The molecule has 0 amide bonds. The first-order valence-corrected chi connectivity index (χ1v) is 5.47. The van der Waals surface area contributed by atoms with Crippen LogP contribution in [0.15, 0.2) is 46.9 Å². The lowest BCUT2D eigenvalue weighted by atomic mass is 10.0. The molecule has 0 fully saturated rings. The van der Waals surface area contributed by atoms with E-state index in [0.29, 0.717) is 5.56 Å². The molecular formula is C13H7BrFN. The van der Waals surface area contributed by atoms with Crippen LogP contribution in [-0.4, -0.2) is 0 Å². The summed E-state index contributed by atoms with van der Waals surface area (Å²) in [6.45, 7) is 0. The second-order valence-electron chi connectivity index (χ2n) is 3.25. The summed E-state index contributed by atoms with van der Waals surface area (Å²) in [5, 5.41) is 8.95. The van der Waals surface area contributed by atoms with Gasteiger partial charge in [0.05, 0.1) is 5.56 Å². The molecule has 16 heavy (non-hydrogen) atoms. The molecule has 0 aliphatic rings. The van der Waals surface area contributed by atoms with Crippen molar-refractivity contribution in [2.75, 3.05) is 0 Å². The van der Waals surface area contributed by atoms with Crippen molar-refractivity contribution in [2.24, 2.45) is 0 Å². The lowest BCUT2D eigenvalue weighted by Gasteiger charge is -2.06. The molecule has 78 valence electrons. The number of halogens is 2. The first-order chi connectivity index (χ1) is 7.74. The van der Waals surface area contributed by atoms with E-state index in [4.69, 9.17) is 5.26 Å². The van der Waals surface area contributed by atoms with Gasteiger partial charge in [0.25, 0.3) is 0 Å². The van der Waals surface area contributed by atoms with Gasteiger partial charge in [-0.25, -0.2) is 4.39 Å². The van der Waals surface area contributed by atoms with E-state index in [1.807, 2.05) is 30.3 Å². The average Bonchev–Trinajstić information content (AvgIpc) is 2.29. The lowest BCUT2D eigenvalue weighted by Crippen LogP contribution is -1.89. The third-order valence-electron chi connectivity index (χ3n) is 2.29. The molecule has 0 atom stereocenters. The predicted octanol–water partition coefficient (Wildman–Crippen LogP) is 4.13. The standard InChI is InChI=1S/C13H7BrFN/c14-12-6-2-1-4-10(12)9-5-3-7-13(15)11(9)8-16/h1-7H. The molecule has 0 saturated heterocycles. The molecule has 0 aliphatic carbocycles. The van der Waals surface area contributed by atoms with Crippen molar-refractivity contribution in [3.05, 3.63) is 58.3 Å². The molecule has 0 unspecified atom stereocenters. The van der Waals surface area contributed by atoms with Crippen molar-refractivity contribution in [2.45, 2.75) is 0 Å². The van der Waals surface area contributed by atoms with E-state index in [2.05, 4.69) is 15.9 Å². The van der Waals surface area contributed by atoms with E-state index in [1.54, 1.807) is 12.1 Å². The number of nitrogens with zero attached hydrogens (tertiary/aromatic N) is 1. The summed E-state index contributed by atoms with van der Waals surface area (Å²) in [6.07, 6.45) is 0. The number of rotatable bonds is 1. The minimum Gasteiger partial charge on any atom is -0.206 e. The Hall–Kier alpha value is -1.66. The van der Waals surface area contributed by atoms with Gasteiger partial charge in [-0.3, -0.25) is 0 Å². The van der Waals surface area contributed by atoms with Gasteiger partial charge in [0, 0.05) is 10.0 Å². The molecular weight excluding hydrogens is 269 g/mol. The lowest BCUT2D eigenvalue weighted by molar-refractivity contribution is 0.624. The van der Waals surface area contributed by atoms with Crippen LogP contribution >= 0.6 is 15.9 Å². The number of hydrogen-bond donors (Lipinski definition) is 0. The Balaban J connectivity index is 2.71. The van der Waals surface area contributed by atoms with E-state index in [-0.39, 0.29) is 5.56 Å². The summed E-state index contributed by atoms with van der Waals surface area (Å²) < 4.78 is 14.3. The molecule has 2 aromatic rings. The monoisotopic (exact) mass is 275 g/mol. The number of benzene rings is 2. The molecule has 0 radical (unpaired) electrons. The van der Waals surface area contributed by atoms with E-state index < -0.39 is 5.82 Å². The van der Waals surface area contributed by atoms with Crippen LogP contribution in [0.4, 0.5) is 4.39 Å². The molecule has 0 heterocycles. The minimum atomic E-state index is -0.490. The van der Waals surface area contributed by atoms with Gasteiger partial charge in [-0.2, -0.15) is 5.26 Å². The van der Waals surface area contributed by atoms with Crippen molar-refractivity contribution in [3.8, 4) is 17.2 Å². The Kier molecular flexibility index (Phi) is 3.02. The van der Waals surface area contributed by atoms with Crippen LogP contribution in [-0.2, 0) is 0 Å². The van der Waals surface area contributed by atoms with Crippen LogP contribution in [0.1, 0.15) is 5.56 Å². The molecule has 2 aromatic carbocycles. The van der Waals surface area contributed by atoms with Crippen LogP contribution in [0.25, 0.3) is 11.1 Å². The van der Waals surface area contributed by atoms with Crippen molar-refractivity contribution < 1.29 is 4.39 Å². The maximum Gasteiger partial charge on any atom is 0.141 e.